The Kier molecular flexibility index (Phi) is 5.02. The van der Waals surface area contributed by atoms with Crippen LogP contribution in [0.5, 0.6) is 5.88 Å². The van der Waals surface area contributed by atoms with Gasteiger partial charge in [-0.25, -0.2) is 13.4 Å². The van der Waals surface area contributed by atoms with E-state index in [4.69, 9.17) is 4.74 Å². The number of pyridine rings is 1. The molecule has 150 valence electrons. The number of aromatic nitrogens is 1. The quantitative estimate of drug-likeness (QED) is 0.548. The summed E-state index contributed by atoms with van der Waals surface area (Å²) in [5, 5.41) is 10.9. The van der Waals surface area contributed by atoms with Gasteiger partial charge >= 0.3 is 6.18 Å². The Morgan fingerprint density at radius 3 is 2.46 bits per heavy atom. The van der Waals surface area contributed by atoms with Crippen LogP contribution in [0.3, 0.4) is 0 Å². The molecule has 1 aromatic heterocycles. The molecule has 28 heavy (non-hydrogen) atoms. The van der Waals surface area contributed by atoms with Gasteiger partial charge in [0.25, 0.3) is 5.69 Å². The summed E-state index contributed by atoms with van der Waals surface area (Å²) in [7, 11) is -3.96. The van der Waals surface area contributed by atoms with Crippen molar-refractivity contribution in [2.24, 2.45) is 0 Å². The van der Waals surface area contributed by atoms with Crippen LogP contribution in [0.1, 0.15) is 11.1 Å². The van der Waals surface area contributed by atoms with Crippen LogP contribution in [0.25, 0.3) is 0 Å². The van der Waals surface area contributed by atoms with Gasteiger partial charge in [0, 0.05) is 24.4 Å². The van der Waals surface area contributed by atoms with Crippen molar-refractivity contribution in [2.75, 3.05) is 13.1 Å². The lowest BCUT2D eigenvalue weighted by molar-refractivity contribution is -0.385. The van der Waals surface area contributed by atoms with Crippen molar-refractivity contribution in [3.63, 3.8) is 0 Å². The highest BCUT2D eigenvalue weighted by Gasteiger charge is 2.39. The minimum Gasteiger partial charge on any atom is -0.472 e. The van der Waals surface area contributed by atoms with Gasteiger partial charge in [-0.3, -0.25) is 10.1 Å². The number of ether oxygens (including phenoxy) is 1. The molecule has 0 unspecified atom stereocenters. The Morgan fingerprint density at radius 1 is 1.25 bits per heavy atom. The normalized spacial score (nSPS) is 15.9. The summed E-state index contributed by atoms with van der Waals surface area (Å²) >= 11 is 0. The largest absolute Gasteiger partial charge is 0.472 e. The first-order valence-electron chi connectivity index (χ1n) is 7.93. The smallest absolute Gasteiger partial charge is 0.417 e. The van der Waals surface area contributed by atoms with Crippen LogP contribution in [-0.2, 0) is 16.2 Å². The first kappa shape index (κ1) is 20.0. The van der Waals surface area contributed by atoms with Crippen molar-refractivity contribution >= 4 is 15.7 Å². The lowest BCUT2D eigenvalue weighted by atomic mass is 10.2. The van der Waals surface area contributed by atoms with Gasteiger partial charge in [0.05, 0.1) is 28.5 Å². The molecule has 3 rings (SSSR count). The maximum absolute atomic E-state index is 12.7. The molecule has 0 atom stereocenters. The van der Waals surface area contributed by atoms with E-state index in [-0.39, 0.29) is 29.6 Å². The maximum Gasteiger partial charge on any atom is 0.417 e. The molecule has 0 saturated carbocycles. The standard InChI is InChI=1S/C16H14F3N3O5S/c1-10-2-4-12(22(23)24)6-14(10)28(25,26)21-8-13(9-21)27-15-5-3-11(7-20-15)16(17,18)19/h2-7,13H,8-9H2,1H3. The molecular weight excluding hydrogens is 403 g/mol. The van der Waals surface area contributed by atoms with Crippen LogP contribution in [-0.4, -0.2) is 41.8 Å². The van der Waals surface area contributed by atoms with Crippen LogP contribution < -0.4 is 4.74 Å². The van der Waals surface area contributed by atoms with Crippen molar-refractivity contribution in [1.29, 1.82) is 0 Å². The fourth-order valence-corrected chi connectivity index (χ4v) is 4.33. The highest BCUT2D eigenvalue weighted by atomic mass is 32.2. The summed E-state index contributed by atoms with van der Waals surface area (Å²) in [6.07, 6.45) is -4.46. The highest BCUT2D eigenvalue weighted by molar-refractivity contribution is 7.89. The number of benzene rings is 1. The highest BCUT2D eigenvalue weighted by Crippen LogP contribution is 2.31. The Labute approximate surface area is 157 Å². The van der Waals surface area contributed by atoms with Crippen LogP contribution in [0.15, 0.2) is 41.4 Å². The predicted octanol–water partition coefficient (Wildman–Crippen LogP) is 2.77. The number of alkyl halides is 3. The second kappa shape index (κ2) is 7.02. The number of nitro groups is 1. The average molecular weight is 417 g/mol. The minimum atomic E-state index is -4.51. The van der Waals surface area contributed by atoms with Crippen molar-refractivity contribution in [2.45, 2.75) is 24.1 Å². The molecule has 1 fully saturated rings. The predicted molar refractivity (Wildman–Crippen MR) is 90.2 cm³/mol. The molecule has 1 saturated heterocycles. The number of sulfonamides is 1. The number of non-ortho nitro benzene ring substituents is 1. The van der Waals surface area contributed by atoms with Gasteiger partial charge in [-0.05, 0) is 18.6 Å². The number of rotatable bonds is 5. The van der Waals surface area contributed by atoms with Crippen LogP contribution in [0.4, 0.5) is 18.9 Å². The summed E-state index contributed by atoms with van der Waals surface area (Å²) in [6, 6.07) is 5.44. The van der Waals surface area contributed by atoms with Crippen LogP contribution >= 0.6 is 0 Å². The van der Waals surface area contributed by atoms with E-state index in [1.54, 1.807) is 0 Å². The molecule has 12 heteroatoms. The van der Waals surface area contributed by atoms with E-state index in [1.807, 2.05) is 0 Å². The molecule has 2 aromatic rings. The zero-order valence-electron chi connectivity index (χ0n) is 14.4. The van der Waals surface area contributed by atoms with E-state index in [9.17, 15) is 31.7 Å². The van der Waals surface area contributed by atoms with E-state index in [2.05, 4.69) is 4.98 Å². The van der Waals surface area contributed by atoms with E-state index in [0.29, 0.717) is 11.8 Å². The van der Waals surface area contributed by atoms with E-state index >= 15 is 0 Å². The van der Waals surface area contributed by atoms with Gasteiger partial charge in [-0.15, -0.1) is 0 Å². The van der Waals surface area contributed by atoms with Crippen molar-refractivity contribution in [3.05, 3.63) is 57.8 Å². The Bertz CT molecular complexity index is 1000. The Morgan fingerprint density at radius 2 is 1.93 bits per heavy atom. The van der Waals surface area contributed by atoms with Crippen molar-refractivity contribution in [1.82, 2.24) is 9.29 Å². The van der Waals surface area contributed by atoms with Crippen molar-refractivity contribution < 1.29 is 31.2 Å². The molecule has 0 spiro atoms. The van der Waals surface area contributed by atoms with Gasteiger partial charge in [-0.1, -0.05) is 6.07 Å². The first-order valence-corrected chi connectivity index (χ1v) is 9.37. The van der Waals surface area contributed by atoms with Gasteiger partial charge in [0.1, 0.15) is 6.10 Å². The van der Waals surface area contributed by atoms with Gasteiger partial charge in [0.2, 0.25) is 15.9 Å². The van der Waals surface area contributed by atoms with Crippen LogP contribution in [0, 0.1) is 17.0 Å². The number of aryl methyl sites for hydroxylation is 1. The molecule has 0 N–H and O–H groups in total. The minimum absolute atomic E-state index is 0.0484. The number of hydrogen-bond acceptors (Lipinski definition) is 6. The fraction of sp³-hybridized carbons (Fsp3) is 0.312. The molecule has 2 heterocycles. The summed E-state index contributed by atoms with van der Waals surface area (Å²) in [6.45, 7) is 1.43. The van der Waals surface area contributed by atoms with E-state index < -0.39 is 32.8 Å². The second-order valence-electron chi connectivity index (χ2n) is 6.15. The SMILES string of the molecule is Cc1ccc([N+](=O)[O-])cc1S(=O)(=O)N1CC(Oc2ccc(C(F)(F)F)cn2)C1. The molecule has 1 aromatic carbocycles. The fourth-order valence-electron chi connectivity index (χ4n) is 2.58. The number of nitrogens with zero attached hydrogens (tertiary/aromatic N) is 3. The van der Waals surface area contributed by atoms with Gasteiger partial charge in [-0.2, -0.15) is 17.5 Å². The van der Waals surface area contributed by atoms with E-state index in [1.165, 1.54) is 19.1 Å². The first-order chi connectivity index (χ1) is 13.0. The molecule has 8 nitrogen and oxygen atoms in total. The molecule has 0 bridgehead atoms. The average Bonchev–Trinajstić information content (AvgIpc) is 2.57. The molecule has 0 radical (unpaired) electrons. The maximum atomic E-state index is 12.7. The Hall–Kier alpha value is -2.73. The zero-order valence-corrected chi connectivity index (χ0v) is 15.2. The van der Waals surface area contributed by atoms with Gasteiger partial charge in [0.15, 0.2) is 0 Å². The summed E-state index contributed by atoms with van der Waals surface area (Å²) < 4.78 is 69.3. The summed E-state index contributed by atoms with van der Waals surface area (Å²) in [5.74, 6) is -0.0541. The molecule has 0 aliphatic carbocycles. The third-order valence-corrected chi connectivity index (χ3v) is 6.14. The third-order valence-electron chi connectivity index (χ3n) is 4.17. The second-order valence-corrected chi connectivity index (χ2v) is 8.06. The molecule has 1 aliphatic rings. The van der Waals surface area contributed by atoms with Gasteiger partial charge < -0.3 is 4.74 Å². The lowest BCUT2D eigenvalue weighted by Gasteiger charge is -2.37. The lowest BCUT2D eigenvalue weighted by Crippen LogP contribution is -2.56. The molecule has 1 aliphatic heterocycles. The zero-order chi connectivity index (χ0) is 20.7. The van der Waals surface area contributed by atoms with Crippen LogP contribution in [0.2, 0.25) is 0 Å². The molecular formula is C16H14F3N3O5S. The number of halogens is 3. The summed E-state index contributed by atoms with van der Waals surface area (Å²) in [4.78, 5) is 13.6. The topological polar surface area (TPSA) is 103 Å². The van der Waals surface area contributed by atoms with Crippen molar-refractivity contribution in [3.8, 4) is 5.88 Å². The van der Waals surface area contributed by atoms with E-state index in [0.717, 1.165) is 22.5 Å². The summed E-state index contributed by atoms with van der Waals surface area (Å²) in [5.41, 5.74) is -0.898. The Balaban J connectivity index is 1.67. The number of nitro benzene ring substituents is 1. The molecule has 0 amide bonds. The third kappa shape index (κ3) is 3.92. The number of hydrogen-bond donors (Lipinski definition) is 0. The monoisotopic (exact) mass is 417 g/mol.